The van der Waals surface area contributed by atoms with Gasteiger partial charge in [-0.25, -0.2) is 24.5 Å². The van der Waals surface area contributed by atoms with Crippen molar-refractivity contribution in [3.8, 4) is 0 Å². The highest BCUT2D eigenvalue weighted by Crippen LogP contribution is 2.32. The first kappa shape index (κ1) is 29.1. The van der Waals surface area contributed by atoms with E-state index < -0.39 is 24.5 Å². The van der Waals surface area contributed by atoms with Gasteiger partial charge in [-0.15, -0.1) is 0 Å². The largest absolute Gasteiger partial charge is 0.462 e. The van der Waals surface area contributed by atoms with Gasteiger partial charge in [-0.05, 0) is 50.7 Å². The van der Waals surface area contributed by atoms with Gasteiger partial charge in [0.2, 0.25) is 0 Å². The van der Waals surface area contributed by atoms with E-state index in [-0.39, 0.29) is 17.8 Å². The van der Waals surface area contributed by atoms with E-state index >= 15 is 0 Å². The molecule has 0 saturated carbocycles. The van der Waals surface area contributed by atoms with Gasteiger partial charge in [0.1, 0.15) is 30.2 Å². The predicted octanol–water partition coefficient (Wildman–Crippen LogP) is 1.13. The Labute approximate surface area is 231 Å². The summed E-state index contributed by atoms with van der Waals surface area (Å²) in [5, 5.41) is 26.8. The SMILES string of the molecule is CCCCOC(=O)c1ccc(NC(=O)NCCCN(C)CC2OC(n3cnc4c(N)ncnc43)C(O)C2O)cc1. The van der Waals surface area contributed by atoms with Crippen molar-refractivity contribution in [2.24, 2.45) is 0 Å². The molecule has 4 rings (SSSR count). The summed E-state index contributed by atoms with van der Waals surface area (Å²) in [5.41, 5.74) is 7.62. The van der Waals surface area contributed by atoms with E-state index in [2.05, 4.69) is 25.6 Å². The number of fused-ring (bicyclic) bond motifs is 1. The Hall–Kier alpha value is -3.85. The molecule has 6 N–H and O–H groups in total. The topological polar surface area (TPSA) is 190 Å². The second-order valence-electron chi connectivity index (χ2n) is 9.69. The Bertz CT molecular complexity index is 1290. The van der Waals surface area contributed by atoms with Crippen LogP contribution in [0.4, 0.5) is 16.3 Å². The Kier molecular flexibility index (Phi) is 9.82. The number of aliphatic hydroxyl groups is 2. The number of imidazole rings is 1. The van der Waals surface area contributed by atoms with E-state index in [0.717, 1.165) is 12.8 Å². The first-order chi connectivity index (χ1) is 19.3. The molecule has 1 aromatic carbocycles. The minimum absolute atomic E-state index is 0.216. The summed E-state index contributed by atoms with van der Waals surface area (Å²) >= 11 is 0. The van der Waals surface area contributed by atoms with Gasteiger partial charge in [0.05, 0.1) is 18.5 Å². The van der Waals surface area contributed by atoms with Gasteiger partial charge in [0.15, 0.2) is 17.7 Å². The number of nitrogen functional groups attached to an aromatic ring is 1. The molecule has 216 valence electrons. The molecule has 40 heavy (non-hydrogen) atoms. The molecule has 3 aromatic rings. The lowest BCUT2D eigenvalue weighted by Crippen LogP contribution is -2.39. The molecule has 0 spiro atoms. The zero-order chi connectivity index (χ0) is 28.6. The van der Waals surface area contributed by atoms with Crippen LogP contribution in [-0.2, 0) is 9.47 Å². The van der Waals surface area contributed by atoms with Crippen LogP contribution in [0.5, 0.6) is 0 Å². The number of urea groups is 1. The smallest absolute Gasteiger partial charge is 0.338 e. The molecule has 2 amide bonds. The standard InChI is InChI=1S/C26H36N8O6/c1-3-4-12-39-25(37)16-6-8-17(9-7-16)32-26(38)28-10-5-11-33(2)13-18-20(35)21(36)24(40-18)34-15-31-19-22(27)29-14-30-23(19)34/h6-9,14-15,18,20-21,24,35-36H,3-5,10-13H2,1-2H3,(H2,27,29,30)(H2,28,32,38). The summed E-state index contributed by atoms with van der Waals surface area (Å²) in [5.74, 6) is -0.169. The van der Waals surface area contributed by atoms with Gasteiger partial charge >= 0.3 is 12.0 Å². The quantitative estimate of drug-likeness (QED) is 0.159. The number of carbonyl (C=O) groups excluding carboxylic acids is 2. The number of hydrogen-bond acceptors (Lipinski definition) is 11. The normalized spacial score (nSPS) is 20.6. The third-order valence-electron chi connectivity index (χ3n) is 6.60. The highest BCUT2D eigenvalue weighted by atomic mass is 16.6. The number of benzene rings is 1. The number of esters is 1. The molecule has 3 heterocycles. The van der Waals surface area contributed by atoms with Gasteiger partial charge in [-0.2, -0.15) is 0 Å². The monoisotopic (exact) mass is 556 g/mol. The van der Waals surface area contributed by atoms with Crippen molar-refractivity contribution < 1.29 is 29.3 Å². The number of nitrogens with two attached hydrogens (primary N) is 1. The predicted molar refractivity (Wildman–Crippen MR) is 146 cm³/mol. The fourth-order valence-corrected chi connectivity index (χ4v) is 4.37. The van der Waals surface area contributed by atoms with Crippen LogP contribution in [0.15, 0.2) is 36.9 Å². The van der Waals surface area contributed by atoms with E-state index in [1.165, 1.54) is 17.2 Å². The molecular formula is C26H36N8O6. The van der Waals surface area contributed by atoms with Gasteiger partial charge in [0.25, 0.3) is 0 Å². The van der Waals surface area contributed by atoms with E-state index in [0.29, 0.717) is 55.1 Å². The van der Waals surface area contributed by atoms with Crippen molar-refractivity contribution in [2.75, 3.05) is 44.3 Å². The summed E-state index contributed by atoms with van der Waals surface area (Å²) in [7, 11) is 1.87. The van der Waals surface area contributed by atoms with Crippen LogP contribution < -0.4 is 16.4 Å². The molecule has 4 atom stereocenters. The highest BCUT2D eigenvalue weighted by Gasteiger charge is 2.44. The second-order valence-corrected chi connectivity index (χ2v) is 9.69. The number of nitrogens with zero attached hydrogens (tertiary/aromatic N) is 5. The van der Waals surface area contributed by atoms with Crippen LogP contribution in [0, 0.1) is 0 Å². The number of aliphatic hydroxyl groups excluding tert-OH is 2. The molecular weight excluding hydrogens is 520 g/mol. The summed E-state index contributed by atoms with van der Waals surface area (Å²) in [4.78, 5) is 38.4. The van der Waals surface area contributed by atoms with Crippen molar-refractivity contribution in [2.45, 2.75) is 50.7 Å². The first-order valence-corrected chi connectivity index (χ1v) is 13.2. The van der Waals surface area contributed by atoms with E-state index in [1.54, 1.807) is 24.3 Å². The van der Waals surface area contributed by atoms with Crippen LogP contribution in [0.3, 0.4) is 0 Å². The van der Waals surface area contributed by atoms with E-state index in [1.807, 2.05) is 18.9 Å². The Morgan fingerprint density at radius 3 is 2.67 bits per heavy atom. The van der Waals surface area contributed by atoms with Crippen LogP contribution in [0.1, 0.15) is 42.8 Å². The number of unbranched alkanes of at least 4 members (excludes halogenated alkanes) is 1. The van der Waals surface area contributed by atoms with E-state index in [9.17, 15) is 19.8 Å². The lowest BCUT2D eigenvalue weighted by Gasteiger charge is -2.22. The fraction of sp³-hybridized carbons (Fsp3) is 0.500. The van der Waals surface area contributed by atoms with E-state index in [4.69, 9.17) is 15.2 Å². The molecule has 4 unspecified atom stereocenters. The second kappa shape index (κ2) is 13.5. The third kappa shape index (κ3) is 7.01. The van der Waals surface area contributed by atoms with Crippen LogP contribution in [0.2, 0.25) is 0 Å². The summed E-state index contributed by atoms with van der Waals surface area (Å²) in [6.07, 6.45) is 1.34. The minimum atomic E-state index is -1.18. The number of amides is 2. The molecule has 1 aliphatic heterocycles. The number of anilines is 2. The Morgan fingerprint density at radius 1 is 1.15 bits per heavy atom. The van der Waals surface area contributed by atoms with Crippen LogP contribution >= 0.6 is 0 Å². The van der Waals surface area contributed by atoms with Gasteiger partial charge in [-0.1, -0.05) is 13.3 Å². The molecule has 1 saturated heterocycles. The summed E-state index contributed by atoms with van der Waals surface area (Å²) in [6.45, 7) is 3.80. The van der Waals surface area contributed by atoms with Crippen molar-refractivity contribution in [1.82, 2.24) is 29.7 Å². The van der Waals surface area contributed by atoms with Crippen molar-refractivity contribution >= 4 is 34.7 Å². The fourth-order valence-electron chi connectivity index (χ4n) is 4.37. The maximum atomic E-state index is 12.2. The van der Waals surface area contributed by atoms with Crippen LogP contribution in [-0.4, -0.2) is 98.2 Å². The van der Waals surface area contributed by atoms with Crippen molar-refractivity contribution in [1.29, 1.82) is 0 Å². The molecule has 14 nitrogen and oxygen atoms in total. The number of hydrogen-bond donors (Lipinski definition) is 5. The molecule has 0 aliphatic carbocycles. The number of nitrogens with one attached hydrogen (secondary N) is 2. The lowest BCUT2D eigenvalue weighted by molar-refractivity contribution is -0.0421. The third-order valence-corrected chi connectivity index (χ3v) is 6.60. The maximum Gasteiger partial charge on any atom is 0.338 e. The molecule has 14 heteroatoms. The molecule has 1 fully saturated rings. The van der Waals surface area contributed by atoms with Gasteiger partial charge < -0.3 is 41.0 Å². The molecule has 2 aromatic heterocycles. The van der Waals surface area contributed by atoms with Crippen LogP contribution in [0.25, 0.3) is 11.2 Å². The number of rotatable bonds is 12. The molecule has 1 aliphatic rings. The van der Waals surface area contributed by atoms with Crippen molar-refractivity contribution in [3.63, 3.8) is 0 Å². The number of aromatic nitrogens is 4. The Morgan fingerprint density at radius 2 is 1.93 bits per heavy atom. The molecule has 0 bridgehead atoms. The lowest BCUT2D eigenvalue weighted by atomic mass is 10.1. The summed E-state index contributed by atoms with van der Waals surface area (Å²) in [6, 6.07) is 6.15. The summed E-state index contributed by atoms with van der Waals surface area (Å²) < 4.78 is 12.7. The number of ether oxygens (including phenoxy) is 2. The zero-order valence-electron chi connectivity index (χ0n) is 22.6. The Balaban J connectivity index is 1.17. The van der Waals surface area contributed by atoms with Gasteiger partial charge in [0, 0.05) is 18.8 Å². The average molecular weight is 557 g/mol. The highest BCUT2D eigenvalue weighted by molar-refractivity contribution is 5.92. The minimum Gasteiger partial charge on any atom is -0.462 e. The van der Waals surface area contributed by atoms with Gasteiger partial charge in [-0.3, -0.25) is 4.57 Å². The zero-order valence-corrected chi connectivity index (χ0v) is 22.6. The average Bonchev–Trinajstić information content (AvgIpc) is 3.49. The maximum absolute atomic E-state index is 12.2. The number of likely N-dealkylation sites (N-methyl/N-ethyl adjacent to an activating group) is 1. The molecule has 0 radical (unpaired) electrons. The number of carbonyl (C=O) groups is 2. The van der Waals surface area contributed by atoms with Crippen molar-refractivity contribution in [3.05, 3.63) is 42.5 Å². The first-order valence-electron chi connectivity index (χ1n) is 13.2.